The van der Waals surface area contributed by atoms with Gasteiger partial charge in [0.15, 0.2) is 0 Å². The molecular formula is C16H16F3N5O2. The number of nitro groups is 1. The van der Waals surface area contributed by atoms with Crippen molar-refractivity contribution in [2.45, 2.75) is 37.9 Å². The van der Waals surface area contributed by atoms with Crippen LogP contribution in [0.4, 0.5) is 36.2 Å². The number of anilines is 3. The van der Waals surface area contributed by atoms with Gasteiger partial charge in [-0.1, -0.05) is 25.0 Å². The summed E-state index contributed by atoms with van der Waals surface area (Å²) in [7, 11) is 0. The van der Waals surface area contributed by atoms with Crippen molar-refractivity contribution < 1.29 is 18.1 Å². The van der Waals surface area contributed by atoms with Crippen molar-refractivity contribution >= 4 is 23.0 Å². The number of nitrogens with zero attached hydrogens (tertiary/aromatic N) is 3. The highest BCUT2D eigenvalue weighted by atomic mass is 19.4. The van der Waals surface area contributed by atoms with Crippen molar-refractivity contribution in [3.8, 4) is 0 Å². The molecule has 1 saturated carbocycles. The van der Waals surface area contributed by atoms with Crippen LogP contribution in [0.3, 0.4) is 0 Å². The molecule has 0 radical (unpaired) electrons. The van der Waals surface area contributed by atoms with Gasteiger partial charge in [0, 0.05) is 6.04 Å². The fraction of sp³-hybridized carbons (Fsp3) is 0.375. The molecule has 1 aromatic heterocycles. The minimum Gasteiger partial charge on any atom is -0.361 e. The monoisotopic (exact) mass is 367 g/mol. The van der Waals surface area contributed by atoms with E-state index in [0.717, 1.165) is 38.1 Å². The molecule has 7 nitrogen and oxygen atoms in total. The van der Waals surface area contributed by atoms with Crippen LogP contribution in [0, 0.1) is 10.1 Å². The van der Waals surface area contributed by atoms with Gasteiger partial charge < -0.3 is 10.6 Å². The molecule has 1 fully saturated rings. The molecule has 1 heterocycles. The molecule has 1 aromatic carbocycles. The average molecular weight is 367 g/mol. The second kappa shape index (κ2) is 7.14. The SMILES string of the molecule is O=[N+]([O-])c1c(Nc2ccccc2C(F)(F)F)ncnc1NC1CCCC1. The van der Waals surface area contributed by atoms with E-state index in [1.165, 1.54) is 18.2 Å². The number of benzene rings is 1. The van der Waals surface area contributed by atoms with Crippen LogP contribution in [0.1, 0.15) is 31.2 Å². The summed E-state index contributed by atoms with van der Waals surface area (Å²) in [5, 5.41) is 17.0. The third-order valence-corrected chi connectivity index (χ3v) is 4.19. The first kappa shape index (κ1) is 17.9. The molecule has 0 unspecified atom stereocenters. The number of hydrogen-bond acceptors (Lipinski definition) is 6. The standard InChI is InChI=1S/C16H16F3N5O2/c17-16(18,19)11-7-3-4-8-12(11)23-15-13(24(25)26)14(20-9-21-15)22-10-5-1-2-6-10/h3-4,7-10H,1-2,5-6H2,(H2,20,21,22,23). The molecule has 26 heavy (non-hydrogen) atoms. The fourth-order valence-electron chi connectivity index (χ4n) is 2.98. The normalized spacial score (nSPS) is 15.0. The summed E-state index contributed by atoms with van der Waals surface area (Å²) in [4.78, 5) is 18.5. The van der Waals surface area contributed by atoms with Crippen LogP contribution >= 0.6 is 0 Å². The first-order valence-corrected chi connectivity index (χ1v) is 8.05. The number of para-hydroxylation sites is 1. The number of alkyl halides is 3. The van der Waals surface area contributed by atoms with Gasteiger partial charge in [0.1, 0.15) is 6.33 Å². The largest absolute Gasteiger partial charge is 0.418 e. The molecule has 138 valence electrons. The Labute approximate surface area is 146 Å². The second-order valence-corrected chi connectivity index (χ2v) is 5.97. The van der Waals surface area contributed by atoms with Gasteiger partial charge in [-0.25, -0.2) is 9.97 Å². The Morgan fingerprint density at radius 2 is 1.77 bits per heavy atom. The topological polar surface area (TPSA) is 93.0 Å². The molecule has 0 aliphatic heterocycles. The van der Waals surface area contributed by atoms with Gasteiger partial charge in [0.25, 0.3) is 0 Å². The Bertz CT molecular complexity index is 807. The maximum absolute atomic E-state index is 13.1. The van der Waals surface area contributed by atoms with Crippen LogP contribution in [-0.4, -0.2) is 20.9 Å². The Balaban J connectivity index is 1.97. The summed E-state index contributed by atoms with van der Waals surface area (Å²) in [6.45, 7) is 0. The van der Waals surface area contributed by atoms with Crippen molar-refractivity contribution in [3.05, 3.63) is 46.3 Å². The van der Waals surface area contributed by atoms with Gasteiger partial charge in [-0.15, -0.1) is 0 Å². The third-order valence-electron chi connectivity index (χ3n) is 4.19. The predicted molar refractivity (Wildman–Crippen MR) is 89.3 cm³/mol. The molecule has 2 aromatic rings. The van der Waals surface area contributed by atoms with Crippen LogP contribution in [0.5, 0.6) is 0 Å². The van der Waals surface area contributed by atoms with E-state index in [1.54, 1.807) is 0 Å². The van der Waals surface area contributed by atoms with Crippen molar-refractivity contribution in [1.29, 1.82) is 0 Å². The number of hydrogen-bond donors (Lipinski definition) is 2. The van der Waals surface area contributed by atoms with Crippen LogP contribution in [0.15, 0.2) is 30.6 Å². The molecule has 2 N–H and O–H groups in total. The predicted octanol–water partition coefficient (Wildman–Crippen LogP) is 4.50. The lowest BCUT2D eigenvalue weighted by Crippen LogP contribution is -2.17. The first-order chi connectivity index (χ1) is 12.4. The van der Waals surface area contributed by atoms with Crippen LogP contribution < -0.4 is 10.6 Å². The quantitative estimate of drug-likeness (QED) is 0.597. The minimum atomic E-state index is -4.60. The van der Waals surface area contributed by atoms with Gasteiger partial charge in [-0.3, -0.25) is 10.1 Å². The molecule has 1 aliphatic carbocycles. The van der Waals surface area contributed by atoms with Crippen LogP contribution in [0.2, 0.25) is 0 Å². The van der Waals surface area contributed by atoms with E-state index in [4.69, 9.17) is 0 Å². The van der Waals surface area contributed by atoms with Crippen LogP contribution in [0.25, 0.3) is 0 Å². The van der Waals surface area contributed by atoms with E-state index in [0.29, 0.717) is 0 Å². The van der Waals surface area contributed by atoms with Gasteiger partial charge in [-0.05, 0) is 25.0 Å². The molecule has 0 amide bonds. The maximum atomic E-state index is 13.1. The maximum Gasteiger partial charge on any atom is 0.418 e. The zero-order valence-corrected chi connectivity index (χ0v) is 13.6. The molecule has 0 spiro atoms. The van der Waals surface area contributed by atoms with Crippen molar-refractivity contribution in [3.63, 3.8) is 0 Å². The fourth-order valence-corrected chi connectivity index (χ4v) is 2.98. The number of rotatable bonds is 5. The Kier molecular flexibility index (Phi) is 4.92. The second-order valence-electron chi connectivity index (χ2n) is 5.97. The molecule has 3 rings (SSSR count). The summed E-state index contributed by atoms with van der Waals surface area (Å²) in [5.74, 6) is -0.286. The van der Waals surface area contributed by atoms with Gasteiger partial charge in [0.2, 0.25) is 11.6 Å². The van der Waals surface area contributed by atoms with Crippen molar-refractivity contribution in [1.82, 2.24) is 9.97 Å². The van der Waals surface area contributed by atoms with E-state index in [2.05, 4.69) is 20.6 Å². The average Bonchev–Trinajstić information content (AvgIpc) is 3.07. The highest BCUT2D eigenvalue weighted by Crippen LogP contribution is 2.38. The number of halogens is 3. The van der Waals surface area contributed by atoms with Crippen molar-refractivity contribution in [2.24, 2.45) is 0 Å². The smallest absolute Gasteiger partial charge is 0.361 e. The van der Waals surface area contributed by atoms with Gasteiger partial charge in [0.05, 0.1) is 16.2 Å². The number of aromatic nitrogens is 2. The Morgan fingerprint density at radius 3 is 2.42 bits per heavy atom. The van der Waals surface area contributed by atoms with Gasteiger partial charge >= 0.3 is 11.9 Å². The van der Waals surface area contributed by atoms with Gasteiger partial charge in [-0.2, -0.15) is 13.2 Å². The Hall–Kier alpha value is -2.91. The van der Waals surface area contributed by atoms with E-state index in [9.17, 15) is 23.3 Å². The van der Waals surface area contributed by atoms with E-state index < -0.39 is 22.4 Å². The summed E-state index contributed by atoms with van der Waals surface area (Å²) in [6.07, 6.45) is 0.238. The van der Waals surface area contributed by atoms with E-state index >= 15 is 0 Å². The summed E-state index contributed by atoms with van der Waals surface area (Å²) in [6, 6.07) is 4.79. The molecule has 0 atom stereocenters. The summed E-state index contributed by atoms with van der Waals surface area (Å²) < 4.78 is 39.4. The molecule has 10 heteroatoms. The Morgan fingerprint density at radius 1 is 1.12 bits per heavy atom. The van der Waals surface area contributed by atoms with Crippen molar-refractivity contribution in [2.75, 3.05) is 10.6 Å². The number of nitrogens with one attached hydrogen (secondary N) is 2. The van der Waals surface area contributed by atoms with Crippen LogP contribution in [-0.2, 0) is 6.18 Å². The molecule has 0 saturated heterocycles. The van der Waals surface area contributed by atoms with E-state index in [-0.39, 0.29) is 23.4 Å². The van der Waals surface area contributed by atoms with E-state index in [1.807, 2.05) is 0 Å². The summed E-state index contributed by atoms with van der Waals surface area (Å²) in [5.41, 5.74) is -1.72. The first-order valence-electron chi connectivity index (χ1n) is 8.05. The zero-order valence-electron chi connectivity index (χ0n) is 13.6. The lowest BCUT2D eigenvalue weighted by molar-refractivity contribution is -0.383. The molecule has 0 bridgehead atoms. The lowest BCUT2D eigenvalue weighted by atomic mass is 10.1. The lowest BCUT2D eigenvalue weighted by Gasteiger charge is -2.16. The highest BCUT2D eigenvalue weighted by Gasteiger charge is 2.34. The highest BCUT2D eigenvalue weighted by molar-refractivity contribution is 5.75. The molecule has 1 aliphatic rings. The molecular weight excluding hydrogens is 351 g/mol. The summed E-state index contributed by atoms with van der Waals surface area (Å²) >= 11 is 0. The minimum absolute atomic E-state index is 0.00360. The zero-order chi connectivity index (χ0) is 18.7. The third kappa shape index (κ3) is 3.84.